The first kappa shape index (κ1) is 10.7. The SMILES string of the molecule is C=C/C=C(\C=C)C(=O)OCOC. The third-order valence-corrected chi connectivity index (χ3v) is 1.06. The van der Waals surface area contributed by atoms with Crippen molar-refractivity contribution in [2.75, 3.05) is 13.9 Å². The third-order valence-electron chi connectivity index (χ3n) is 1.06. The first-order chi connectivity index (χ1) is 5.76. The number of carbonyl (C=O) groups is 1. The standard InChI is InChI=1S/C9H12O3/c1-4-6-8(5-2)9(10)12-7-11-3/h4-6H,1-2,7H2,3H3/b8-6+. The van der Waals surface area contributed by atoms with Crippen molar-refractivity contribution in [3.8, 4) is 0 Å². The van der Waals surface area contributed by atoms with E-state index in [0.717, 1.165) is 0 Å². The van der Waals surface area contributed by atoms with E-state index in [1.54, 1.807) is 0 Å². The van der Waals surface area contributed by atoms with Gasteiger partial charge in [-0.2, -0.15) is 0 Å². The van der Waals surface area contributed by atoms with Crippen LogP contribution in [0.25, 0.3) is 0 Å². The van der Waals surface area contributed by atoms with Gasteiger partial charge < -0.3 is 9.47 Å². The predicted octanol–water partition coefficient (Wildman–Crippen LogP) is 1.43. The Morgan fingerprint density at radius 1 is 1.50 bits per heavy atom. The second-order valence-corrected chi connectivity index (χ2v) is 1.90. The zero-order valence-electron chi connectivity index (χ0n) is 7.08. The summed E-state index contributed by atoms with van der Waals surface area (Å²) in [6.45, 7) is 6.84. The van der Waals surface area contributed by atoms with E-state index in [9.17, 15) is 4.79 Å². The first-order valence-electron chi connectivity index (χ1n) is 3.37. The summed E-state index contributed by atoms with van der Waals surface area (Å²) in [4.78, 5) is 11.0. The largest absolute Gasteiger partial charge is 0.435 e. The molecule has 0 N–H and O–H groups in total. The maximum absolute atomic E-state index is 11.0. The van der Waals surface area contributed by atoms with Gasteiger partial charge in [0.1, 0.15) is 0 Å². The fourth-order valence-electron chi connectivity index (χ4n) is 0.542. The van der Waals surface area contributed by atoms with Gasteiger partial charge in [-0.15, -0.1) is 0 Å². The second kappa shape index (κ2) is 6.37. The molecule has 0 fully saturated rings. The molecular formula is C9H12O3. The summed E-state index contributed by atoms with van der Waals surface area (Å²) in [5.74, 6) is -0.466. The summed E-state index contributed by atoms with van der Waals surface area (Å²) >= 11 is 0. The van der Waals surface area contributed by atoms with E-state index >= 15 is 0 Å². The number of hydrogen-bond donors (Lipinski definition) is 0. The molecular weight excluding hydrogens is 156 g/mol. The van der Waals surface area contributed by atoms with Gasteiger partial charge in [0.2, 0.25) is 0 Å². The lowest BCUT2D eigenvalue weighted by Crippen LogP contribution is -2.08. The second-order valence-electron chi connectivity index (χ2n) is 1.90. The highest BCUT2D eigenvalue weighted by molar-refractivity contribution is 5.91. The third kappa shape index (κ3) is 3.73. The summed E-state index contributed by atoms with van der Waals surface area (Å²) < 4.78 is 9.20. The minimum Gasteiger partial charge on any atom is -0.435 e. The molecule has 0 saturated heterocycles. The van der Waals surface area contributed by atoms with E-state index in [1.165, 1.54) is 25.3 Å². The summed E-state index contributed by atoms with van der Waals surface area (Å²) in [5, 5.41) is 0. The predicted molar refractivity (Wildman–Crippen MR) is 46.4 cm³/mol. The lowest BCUT2D eigenvalue weighted by Gasteiger charge is -2.01. The molecule has 66 valence electrons. The van der Waals surface area contributed by atoms with Crippen molar-refractivity contribution in [3.63, 3.8) is 0 Å². The molecule has 0 heterocycles. The van der Waals surface area contributed by atoms with Gasteiger partial charge in [0.15, 0.2) is 6.79 Å². The molecule has 0 saturated carbocycles. The zero-order valence-corrected chi connectivity index (χ0v) is 7.08. The molecule has 0 aliphatic carbocycles. The summed E-state index contributed by atoms with van der Waals surface area (Å²) in [6, 6.07) is 0. The fraction of sp³-hybridized carbons (Fsp3) is 0.222. The lowest BCUT2D eigenvalue weighted by molar-refractivity contribution is -0.148. The van der Waals surface area contributed by atoms with Crippen molar-refractivity contribution in [1.82, 2.24) is 0 Å². The Kier molecular flexibility index (Phi) is 5.65. The van der Waals surface area contributed by atoms with Crippen LogP contribution in [0.5, 0.6) is 0 Å². The average molecular weight is 168 g/mol. The molecule has 0 aromatic heterocycles. The normalized spacial score (nSPS) is 10.6. The van der Waals surface area contributed by atoms with Crippen LogP contribution < -0.4 is 0 Å². The Morgan fingerprint density at radius 2 is 2.17 bits per heavy atom. The van der Waals surface area contributed by atoms with Gasteiger partial charge in [-0.1, -0.05) is 25.3 Å². The molecule has 0 bridgehead atoms. The molecule has 3 nitrogen and oxygen atoms in total. The van der Waals surface area contributed by atoms with E-state index in [1.807, 2.05) is 0 Å². The topological polar surface area (TPSA) is 35.5 Å². The highest BCUT2D eigenvalue weighted by Gasteiger charge is 2.04. The van der Waals surface area contributed by atoms with Crippen molar-refractivity contribution in [2.45, 2.75) is 0 Å². The molecule has 0 atom stereocenters. The smallest absolute Gasteiger partial charge is 0.340 e. The van der Waals surface area contributed by atoms with Gasteiger partial charge >= 0.3 is 5.97 Å². The lowest BCUT2D eigenvalue weighted by atomic mass is 10.2. The van der Waals surface area contributed by atoms with Crippen LogP contribution in [0.2, 0.25) is 0 Å². The van der Waals surface area contributed by atoms with Crippen LogP contribution in [0.1, 0.15) is 0 Å². The van der Waals surface area contributed by atoms with Gasteiger partial charge in [0, 0.05) is 7.11 Å². The highest BCUT2D eigenvalue weighted by atomic mass is 16.7. The van der Waals surface area contributed by atoms with E-state index in [2.05, 4.69) is 22.6 Å². The number of allylic oxidation sites excluding steroid dienone is 2. The van der Waals surface area contributed by atoms with Gasteiger partial charge in [-0.05, 0) is 6.08 Å². The van der Waals surface area contributed by atoms with Crippen molar-refractivity contribution in [2.24, 2.45) is 0 Å². The molecule has 0 rings (SSSR count). The first-order valence-corrected chi connectivity index (χ1v) is 3.37. The van der Waals surface area contributed by atoms with Crippen LogP contribution in [0.15, 0.2) is 37.0 Å². The molecule has 0 aromatic rings. The van der Waals surface area contributed by atoms with E-state index in [0.29, 0.717) is 5.57 Å². The summed E-state index contributed by atoms with van der Waals surface area (Å²) in [7, 11) is 1.44. The monoisotopic (exact) mass is 168 g/mol. The van der Waals surface area contributed by atoms with Crippen LogP contribution >= 0.6 is 0 Å². The van der Waals surface area contributed by atoms with Crippen LogP contribution in [0.4, 0.5) is 0 Å². The van der Waals surface area contributed by atoms with E-state index < -0.39 is 5.97 Å². The van der Waals surface area contributed by atoms with E-state index in [-0.39, 0.29) is 6.79 Å². The van der Waals surface area contributed by atoms with Crippen molar-refractivity contribution in [3.05, 3.63) is 37.0 Å². The molecule has 3 heteroatoms. The fourth-order valence-corrected chi connectivity index (χ4v) is 0.542. The Labute approximate surface area is 72.0 Å². The quantitative estimate of drug-likeness (QED) is 0.269. The highest BCUT2D eigenvalue weighted by Crippen LogP contribution is 1.99. The molecule has 0 radical (unpaired) electrons. The number of carbonyl (C=O) groups excluding carboxylic acids is 1. The van der Waals surface area contributed by atoms with Crippen LogP contribution in [0, 0.1) is 0 Å². The number of rotatable bonds is 5. The Hall–Kier alpha value is -1.35. The van der Waals surface area contributed by atoms with Crippen LogP contribution in [0.3, 0.4) is 0 Å². The summed E-state index contributed by atoms with van der Waals surface area (Å²) in [6.07, 6.45) is 4.41. The van der Waals surface area contributed by atoms with Gasteiger partial charge in [0.25, 0.3) is 0 Å². The summed E-state index contributed by atoms with van der Waals surface area (Å²) in [5.41, 5.74) is 0.363. The molecule has 0 amide bonds. The van der Waals surface area contributed by atoms with Crippen molar-refractivity contribution >= 4 is 5.97 Å². The average Bonchev–Trinajstić information content (AvgIpc) is 2.10. The maximum Gasteiger partial charge on any atom is 0.340 e. The number of methoxy groups -OCH3 is 1. The Balaban J connectivity index is 4.12. The zero-order chi connectivity index (χ0) is 9.40. The number of hydrogen-bond acceptors (Lipinski definition) is 3. The Bertz CT molecular complexity index is 204. The maximum atomic E-state index is 11.0. The molecule has 0 aliphatic rings. The van der Waals surface area contributed by atoms with Crippen molar-refractivity contribution < 1.29 is 14.3 Å². The molecule has 0 unspecified atom stereocenters. The molecule has 0 aliphatic heterocycles. The molecule has 0 spiro atoms. The Morgan fingerprint density at radius 3 is 2.58 bits per heavy atom. The van der Waals surface area contributed by atoms with E-state index in [4.69, 9.17) is 0 Å². The van der Waals surface area contributed by atoms with Gasteiger partial charge in [-0.25, -0.2) is 4.79 Å². The molecule has 12 heavy (non-hydrogen) atoms. The number of esters is 1. The minimum atomic E-state index is -0.466. The van der Waals surface area contributed by atoms with Crippen LogP contribution in [-0.2, 0) is 14.3 Å². The van der Waals surface area contributed by atoms with Crippen LogP contribution in [-0.4, -0.2) is 19.9 Å². The van der Waals surface area contributed by atoms with Gasteiger partial charge in [-0.3, -0.25) is 0 Å². The van der Waals surface area contributed by atoms with Gasteiger partial charge in [0.05, 0.1) is 5.57 Å². The number of ether oxygens (including phenoxy) is 2. The molecule has 0 aromatic carbocycles. The minimum absolute atomic E-state index is 0.0544. The van der Waals surface area contributed by atoms with Crippen molar-refractivity contribution in [1.29, 1.82) is 0 Å².